The Balaban J connectivity index is 1.75. The Morgan fingerprint density at radius 1 is 1.40 bits per heavy atom. The molecule has 1 amide bonds. The van der Waals surface area contributed by atoms with Crippen LogP contribution in [0.15, 0.2) is 4.99 Å². The Morgan fingerprint density at radius 3 is 2.55 bits per heavy atom. The van der Waals surface area contributed by atoms with E-state index < -0.39 is 10.4 Å². The molecule has 3 rings (SSSR count). The molecule has 20 heavy (non-hydrogen) atoms. The van der Waals surface area contributed by atoms with Crippen LogP contribution in [0.25, 0.3) is 0 Å². The SMILES string of the molecule is CC(C)(F)[C@]1(C)SC(=N[C@H]2C[C@H]3C[C@@H]2C[C@H]3O)NC1=O. The van der Waals surface area contributed by atoms with E-state index in [0.29, 0.717) is 17.0 Å². The average Bonchev–Trinajstić information content (AvgIpc) is 2.93. The van der Waals surface area contributed by atoms with Gasteiger partial charge in [0.1, 0.15) is 10.4 Å². The lowest BCUT2D eigenvalue weighted by atomic mass is 9.93. The van der Waals surface area contributed by atoms with E-state index in [1.807, 2.05) is 0 Å². The van der Waals surface area contributed by atoms with Crippen LogP contribution in [0.5, 0.6) is 0 Å². The topological polar surface area (TPSA) is 61.7 Å². The minimum atomic E-state index is -1.61. The summed E-state index contributed by atoms with van der Waals surface area (Å²) in [4.78, 5) is 16.7. The molecular formula is C14H21FN2O2S. The van der Waals surface area contributed by atoms with Crippen molar-refractivity contribution in [1.29, 1.82) is 0 Å². The summed E-state index contributed by atoms with van der Waals surface area (Å²) in [5, 5.41) is 13.0. The molecule has 2 aliphatic carbocycles. The molecule has 1 aliphatic heterocycles. The lowest BCUT2D eigenvalue weighted by Gasteiger charge is -2.30. The summed E-state index contributed by atoms with van der Waals surface area (Å²) >= 11 is 1.19. The number of carbonyl (C=O) groups excluding carboxylic acids is 1. The number of amidine groups is 1. The van der Waals surface area contributed by atoms with Crippen LogP contribution in [0.2, 0.25) is 0 Å². The number of thioether (sulfide) groups is 1. The number of halogens is 1. The number of aliphatic hydroxyl groups is 1. The van der Waals surface area contributed by atoms with Crippen molar-refractivity contribution in [2.75, 3.05) is 0 Å². The third-order valence-corrected chi connectivity index (χ3v) is 6.63. The van der Waals surface area contributed by atoms with E-state index in [0.717, 1.165) is 19.3 Å². The number of hydrogen-bond donors (Lipinski definition) is 2. The molecular weight excluding hydrogens is 279 g/mol. The van der Waals surface area contributed by atoms with Gasteiger partial charge in [0.25, 0.3) is 0 Å². The Labute approximate surface area is 122 Å². The molecule has 0 spiro atoms. The third-order valence-electron chi connectivity index (χ3n) is 5.15. The van der Waals surface area contributed by atoms with Gasteiger partial charge in [-0.3, -0.25) is 9.79 Å². The van der Waals surface area contributed by atoms with Gasteiger partial charge in [-0.2, -0.15) is 0 Å². The Hall–Kier alpha value is -0.620. The van der Waals surface area contributed by atoms with E-state index >= 15 is 0 Å². The van der Waals surface area contributed by atoms with Gasteiger partial charge in [0.2, 0.25) is 5.91 Å². The van der Waals surface area contributed by atoms with Crippen LogP contribution in [-0.4, -0.2) is 38.7 Å². The van der Waals surface area contributed by atoms with Crippen LogP contribution >= 0.6 is 11.8 Å². The lowest BCUT2D eigenvalue weighted by Crippen LogP contribution is -2.48. The second-order valence-corrected chi connectivity index (χ2v) is 8.27. The fourth-order valence-corrected chi connectivity index (χ4v) is 4.56. The van der Waals surface area contributed by atoms with Gasteiger partial charge in [0.05, 0.1) is 12.1 Å². The van der Waals surface area contributed by atoms with Crippen LogP contribution in [0.1, 0.15) is 40.0 Å². The second kappa shape index (κ2) is 4.44. The van der Waals surface area contributed by atoms with Crippen molar-refractivity contribution in [2.24, 2.45) is 16.8 Å². The normalized spacial score (nSPS) is 46.2. The molecule has 0 aromatic heterocycles. The number of rotatable bonds is 2. The molecule has 4 nitrogen and oxygen atoms in total. The van der Waals surface area contributed by atoms with Gasteiger partial charge in [-0.05, 0) is 51.9 Å². The van der Waals surface area contributed by atoms with Crippen LogP contribution in [0, 0.1) is 11.8 Å². The molecule has 2 saturated carbocycles. The van der Waals surface area contributed by atoms with Crippen LogP contribution in [0.4, 0.5) is 4.39 Å². The Kier molecular flexibility index (Phi) is 3.18. The number of alkyl halides is 1. The summed E-state index contributed by atoms with van der Waals surface area (Å²) in [6.07, 6.45) is 2.52. The maximum absolute atomic E-state index is 14.2. The molecule has 0 aromatic rings. The molecule has 3 aliphatic rings. The van der Waals surface area contributed by atoms with Crippen molar-refractivity contribution >= 4 is 22.8 Å². The Bertz CT molecular complexity index is 474. The molecule has 5 atom stereocenters. The first-order valence-electron chi connectivity index (χ1n) is 7.16. The highest BCUT2D eigenvalue weighted by atomic mass is 32.2. The fourth-order valence-electron chi connectivity index (χ4n) is 3.46. The van der Waals surface area contributed by atoms with Crippen molar-refractivity contribution in [3.63, 3.8) is 0 Å². The summed E-state index contributed by atoms with van der Waals surface area (Å²) in [6, 6.07) is 0.163. The van der Waals surface area contributed by atoms with Crippen LogP contribution in [-0.2, 0) is 4.79 Å². The first-order valence-corrected chi connectivity index (χ1v) is 7.97. The molecule has 6 heteroatoms. The largest absolute Gasteiger partial charge is 0.393 e. The quantitative estimate of drug-likeness (QED) is 0.818. The van der Waals surface area contributed by atoms with Gasteiger partial charge in [0.15, 0.2) is 5.17 Å². The highest BCUT2D eigenvalue weighted by Gasteiger charge is 2.54. The standard InChI is InChI=1S/C14H21FN2O2S/c1-13(2,15)14(3)11(19)17-12(20-14)16-9-5-8-4-7(9)6-10(8)18/h7-10,18H,4-6H2,1-3H3,(H,16,17,19)/t7-,8-,9+,10-,14-/m1/s1. The van der Waals surface area contributed by atoms with Crippen molar-refractivity contribution in [1.82, 2.24) is 5.32 Å². The summed E-state index contributed by atoms with van der Waals surface area (Å²) in [5.41, 5.74) is -1.61. The number of hydrogen-bond acceptors (Lipinski definition) is 4. The van der Waals surface area contributed by atoms with Crippen molar-refractivity contribution in [3.05, 3.63) is 0 Å². The number of nitrogens with one attached hydrogen (secondary N) is 1. The van der Waals surface area contributed by atoms with E-state index in [4.69, 9.17) is 0 Å². The molecule has 1 saturated heterocycles. The number of carbonyl (C=O) groups is 1. The molecule has 0 radical (unpaired) electrons. The highest BCUT2D eigenvalue weighted by molar-refractivity contribution is 8.16. The smallest absolute Gasteiger partial charge is 0.245 e. The molecule has 2 bridgehead atoms. The zero-order chi connectivity index (χ0) is 14.7. The lowest BCUT2D eigenvalue weighted by molar-refractivity contribution is -0.124. The minimum absolute atomic E-state index is 0.163. The van der Waals surface area contributed by atoms with Gasteiger partial charge in [0, 0.05) is 0 Å². The molecule has 2 N–H and O–H groups in total. The number of aliphatic imine (C=N–C) groups is 1. The van der Waals surface area contributed by atoms with E-state index in [1.165, 1.54) is 25.6 Å². The zero-order valence-corrected chi connectivity index (χ0v) is 12.8. The minimum Gasteiger partial charge on any atom is -0.393 e. The number of amides is 1. The maximum atomic E-state index is 14.2. The zero-order valence-electron chi connectivity index (χ0n) is 12.0. The summed E-state index contributed by atoms with van der Waals surface area (Å²) in [6.45, 7) is 4.48. The summed E-state index contributed by atoms with van der Waals surface area (Å²) in [7, 11) is 0. The second-order valence-electron chi connectivity index (χ2n) is 6.86. The van der Waals surface area contributed by atoms with Crippen molar-refractivity contribution in [3.8, 4) is 0 Å². The van der Waals surface area contributed by atoms with Crippen molar-refractivity contribution in [2.45, 2.75) is 62.6 Å². The van der Waals surface area contributed by atoms with Crippen molar-refractivity contribution < 1.29 is 14.3 Å². The maximum Gasteiger partial charge on any atom is 0.245 e. The summed E-state index contributed by atoms with van der Waals surface area (Å²) in [5.74, 6) is 0.447. The molecule has 3 fully saturated rings. The number of fused-ring (bicyclic) bond motifs is 2. The summed E-state index contributed by atoms with van der Waals surface area (Å²) < 4.78 is 13.1. The highest BCUT2D eigenvalue weighted by Crippen LogP contribution is 2.48. The monoisotopic (exact) mass is 300 g/mol. The first-order chi connectivity index (χ1) is 9.20. The van der Waals surface area contributed by atoms with E-state index in [9.17, 15) is 14.3 Å². The molecule has 1 heterocycles. The third kappa shape index (κ3) is 2.08. The average molecular weight is 300 g/mol. The molecule has 0 unspecified atom stereocenters. The van der Waals surface area contributed by atoms with E-state index in [-0.39, 0.29) is 18.1 Å². The molecule has 0 aromatic carbocycles. The number of aliphatic hydroxyl groups excluding tert-OH is 1. The van der Waals surface area contributed by atoms with Gasteiger partial charge in [-0.25, -0.2) is 4.39 Å². The van der Waals surface area contributed by atoms with Gasteiger partial charge < -0.3 is 10.4 Å². The van der Waals surface area contributed by atoms with Crippen LogP contribution in [0.3, 0.4) is 0 Å². The molecule has 112 valence electrons. The number of nitrogens with zero attached hydrogens (tertiary/aromatic N) is 1. The van der Waals surface area contributed by atoms with Gasteiger partial charge in [-0.15, -0.1) is 0 Å². The Morgan fingerprint density at radius 2 is 2.10 bits per heavy atom. The predicted molar refractivity (Wildman–Crippen MR) is 77.4 cm³/mol. The van der Waals surface area contributed by atoms with Gasteiger partial charge >= 0.3 is 0 Å². The van der Waals surface area contributed by atoms with Crippen LogP contribution < -0.4 is 5.32 Å². The fraction of sp³-hybridized carbons (Fsp3) is 0.857. The first kappa shape index (κ1) is 14.3. The van der Waals surface area contributed by atoms with Gasteiger partial charge in [-0.1, -0.05) is 11.8 Å². The predicted octanol–water partition coefficient (Wildman–Crippen LogP) is 1.87. The van der Waals surface area contributed by atoms with E-state index in [2.05, 4.69) is 10.3 Å². The van der Waals surface area contributed by atoms with E-state index in [1.54, 1.807) is 6.92 Å².